The average molecular weight is 456 g/mol. The van der Waals surface area contributed by atoms with Gasteiger partial charge in [0.25, 0.3) is 0 Å². The Morgan fingerprint density at radius 1 is 1.06 bits per heavy atom. The first kappa shape index (κ1) is 20.6. The van der Waals surface area contributed by atoms with Crippen LogP contribution < -0.4 is 11.5 Å². The lowest BCUT2D eigenvalue weighted by atomic mass is 10.0. The Bertz CT molecular complexity index is 1390. The number of fused-ring (bicyclic) bond motifs is 2. The number of nitrogens with zero attached hydrogens (tertiary/aromatic N) is 5. The lowest BCUT2D eigenvalue weighted by Crippen LogP contribution is -2.30. The highest BCUT2D eigenvalue weighted by Gasteiger charge is 2.36. The molecule has 1 aliphatic carbocycles. The molecule has 1 aromatic carbocycles. The van der Waals surface area contributed by atoms with Crippen molar-refractivity contribution in [2.45, 2.75) is 31.1 Å². The lowest BCUT2D eigenvalue weighted by Gasteiger charge is -2.18. The Kier molecular flexibility index (Phi) is 4.92. The van der Waals surface area contributed by atoms with Gasteiger partial charge in [0.05, 0.1) is 22.1 Å². The summed E-state index contributed by atoms with van der Waals surface area (Å²) in [7, 11) is 0. The predicted molar refractivity (Wildman–Crippen MR) is 118 cm³/mol. The zero-order chi connectivity index (χ0) is 22.6. The topological polar surface area (TPSA) is 149 Å². The molecule has 9 nitrogen and oxygen atoms in total. The quantitative estimate of drug-likeness (QED) is 0.342. The zero-order valence-electron chi connectivity index (χ0n) is 16.7. The fraction of sp³-hybridized carbons (Fsp3) is 0.238. The van der Waals surface area contributed by atoms with Crippen molar-refractivity contribution in [2.75, 3.05) is 11.5 Å². The molecule has 2 unspecified atom stereocenters. The van der Waals surface area contributed by atoms with Gasteiger partial charge in [0, 0.05) is 5.39 Å². The average Bonchev–Trinajstić information content (AvgIpc) is 3.31. The van der Waals surface area contributed by atoms with Crippen LogP contribution in [0.15, 0.2) is 42.4 Å². The van der Waals surface area contributed by atoms with E-state index in [9.17, 15) is 14.6 Å². The number of pyridine rings is 1. The number of aliphatic hydroxyl groups is 2. The monoisotopic (exact) mass is 455 g/mol. The van der Waals surface area contributed by atoms with Crippen molar-refractivity contribution >= 4 is 45.2 Å². The van der Waals surface area contributed by atoms with E-state index in [1.807, 2.05) is 0 Å². The van der Waals surface area contributed by atoms with Crippen molar-refractivity contribution in [2.24, 2.45) is 0 Å². The number of aliphatic hydroxyl groups excluding tert-OH is 2. The minimum Gasteiger partial charge on any atom is -0.387 e. The lowest BCUT2D eigenvalue weighted by molar-refractivity contribution is 0.0292. The van der Waals surface area contributed by atoms with Crippen molar-refractivity contribution in [3.8, 4) is 0 Å². The predicted octanol–water partition coefficient (Wildman–Crippen LogP) is 2.17. The smallest absolute Gasteiger partial charge is 0.163 e. The number of aryl methyl sites for hydroxylation is 1. The Morgan fingerprint density at radius 2 is 1.88 bits per heavy atom. The molecule has 4 aromatic rings. The third kappa shape index (κ3) is 3.32. The summed E-state index contributed by atoms with van der Waals surface area (Å²) in [5.74, 6) is -0.0371. The van der Waals surface area contributed by atoms with Crippen LogP contribution in [0.1, 0.15) is 18.0 Å². The highest BCUT2D eigenvalue weighted by Crippen LogP contribution is 2.34. The van der Waals surface area contributed by atoms with Crippen LogP contribution in [0, 0.1) is 5.82 Å². The number of aromatic nitrogens is 5. The van der Waals surface area contributed by atoms with Gasteiger partial charge in [-0.3, -0.25) is 0 Å². The van der Waals surface area contributed by atoms with E-state index in [1.54, 1.807) is 12.1 Å². The molecule has 3 atom stereocenters. The summed E-state index contributed by atoms with van der Waals surface area (Å²) in [5.41, 5.74) is 13.8. The minimum atomic E-state index is -1.11. The van der Waals surface area contributed by atoms with E-state index in [0.717, 1.165) is 0 Å². The van der Waals surface area contributed by atoms with Gasteiger partial charge in [-0.15, -0.1) is 0 Å². The van der Waals surface area contributed by atoms with Crippen molar-refractivity contribution < 1.29 is 14.6 Å². The van der Waals surface area contributed by atoms with Crippen LogP contribution in [-0.4, -0.2) is 47.2 Å². The van der Waals surface area contributed by atoms with Crippen molar-refractivity contribution in [3.63, 3.8) is 0 Å². The molecule has 1 aliphatic rings. The number of nitrogens with two attached hydrogens (primary N) is 2. The number of nitrogen functional groups attached to an aromatic ring is 2. The summed E-state index contributed by atoms with van der Waals surface area (Å²) in [5, 5.41) is 26.5. The summed E-state index contributed by atoms with van der Waals surface area (Å²) in [6.07, 6.45) is 3.23. The molecule has 5 rings (SSSR count). The first-order valence-corrected chi connectivity index (χ1v) is 10.3. The highest BCUT2D eigenvalue weighted by molar-refractivity contribution is 6.33. The molecule has 0 saturated carbocycles. The van der Waals surface area contributed by atoms with Gasteiger partial charge in [0.15, 0.2) is 5.65 Å². The van der Waals surface area contributed by atoms with E-state index in [1.165, 1.54) is 29.3 Å². The second-order valence-electron chi connectivity index (χ2n) is 7.75. The van der Waals surface area contributed by atoms with Gasteiger partial charge in [0.2, 0.25) is 0 Å². The Labute approximate surface area is 186 Å². The van der Waals surface area contributed by atoms with Crippen LogP contribution in [0.3, 0.4) is 0 Å². The van der Waals surface area contributed by atoms with Crippen molar-refractivity contribution in [1.82, 2.24) is 24.7 Å². The number of hydrogen-bond donors (Lipinski definition) is 4. The van der Waals surface area contributed by atoms with Crippen LogP contribution in [0.5, 0.6) is 0 Å². The Morgan fingerprint density at radius 3 is 2.69 bits per heavy atom. The molecule has 0 radical (unpaired) electrons. The van der Waals surface area contributed by atoms with E-state index in [-0.39, 0.29) is 22.0 Å². The second-order valence-corrected chi connectivity index (χ2v) is 8.16. The maximum absolute atomic E-state index is 14.5. The maximum Gasteiger partial charge on any atom is 0.163 e. The normalized spacial score (nSPS) is 20.9. The van der Waals surface area contributed by atoms with E-state index in [0.29, 0.717) is 40.5 Å². The molecule has 32 heavy (non-hydrogen) atoms. The van der Waals surface area contributed by atoms with Crippen LogP contribution >= 0.6 is 11.6 Å². The largest absolute Gasteiger partial charge is 0.387 e. The number of hydrogen-bond acceptors (Lipinski definition) is 8. The standard InChI is InChI=1S/C21H19ClFN7O2/c22-13-6-11-14(23)3-9(4-15(11)29-20(13)25)1-2-10-5-16(18(32)17(10)31)30-21-12(7-28-30)19(24)26-8-27-21/h3-8,16-18,31-32H,1-2H2,(H2,25,29)(H2,24,26,27)/t16?,17?,18-/m1/s1. The second kappa shape index (κ2) is 7.66. The van der Waals surface area contributed by atoms with Gasteiger partial charge < -0.3 is 21.7 Å². The molecule has 3 aromatic heterocycles. The Hall–Kier alpha value is -3.34. The maximum atomic E-state index is 14.5. The molecule has 0 bridgehead atoms. The van der Waals surface area contributed by atoms with Crippen LogP contribution in [0.25, 0.3) is 21.9 Å². The Balaban J connectivity index is 1.42. The van der Waals surface area contributed by atoms with Crippen molar-refractivity contribution in [1.29, 1.82) is 0 Å². The molecule has 3 heterocycles. The first-order chi connectivity index (χ1) is 15.3. The van der Waals surface area contributed by atoms with E-state index in [4.69, 9.17) is 23.1 Å². The molecular weight excluding hydrogens is 437 g/mol. The first-order valence-electron chi connectivity index (χ1n) is 9.88. The van der Waals surface area contributed by atoms with E-state index >= 15 is 0 Å². The number of rotatable bonds is 4. The fourth-order valence-electron chi connectivity index (χ4n) is 4.08. The molecule has 0 aliphatic heterocycles. The zero-order valence-corrected chi connectivity index (χ0v) is 17.4. The summed E-state index contributed by atoms with van der Waals surface area (Å²) in [6, 6.07) is 3.98. The van der Waals surface area contributed by atoms with Crippen LogP contribution in [0.4, 0.5) is 16.0 Å². The van der Waals surface area contributed by atoms with Crippen LogP contribution in [0.2, 0.25) is 5.02 Å². The SMILES string of the molecule is Nc1nc2cc(CCC3=CC(n4ncc5c(N)ncnc54)[C@@H](O)C3O)cc(F)c2cc1Cl. The minimum absolute atomic E-state index is 0.131. The third-order valence-electron chi connectivity index (χ3n) is 5.77. The molecule has 0 amide bonds. The molecular formula is C21H19ClFN7O2. The number of benzene rings is 1. The van der Waals surface area contributed by atoms with E-state index < -0.39 is 24.1 Å². The highest BCUT2D eigenvalue weighted by atomic mass is 35.5. The number of halogens is 2. The van der Waals surface area contributed by atoms with Gasteiger partial charge >= 0.3 is 0 Å². The van der Waals surface area contributed by atoms with Gasteiger partial charge in [-0.05, 0) is 42.2 Å². The third-order valence-corrected chi connectivity index (χ3v) is 6.07. The van der Waals surface area contributed by atoms with Crippen LogP contribution in [-0.2, 0) is 6.42 Å². The van der Waals surface area contributed by atoms with E-state index in [2.05, 4.69) is 20.1 Å². The summed E-state index contributed by atoms with van der Waals surface area (Å²) < 4.78 is 16.1. The summed E-state index contributed by atoms with van der Waals surface area (Å²) in [6.45, 7) is 0. The van der Waals surface area contributed by atoms with Gasteiger partial charge in [-0.25, -0.2) is 24.0 Å². The van der Waals surface area contributed by atoms with Gasteiger partial charge in [-0.2, -0.15) is 5.10 Å². The molecule has 6 N–H and O–H groups in total. The number of anilines is 2. The molecule has 0 saturated heterocycles. The molecule has 0 fully saturated rings. The molecule has 0 spiro atoms. The van der Waals surface area contributed by atoms with Gasteiger partial charge in [0.1, 0.15) is 42.0 Å². The molecule has 164 valence electrons. The summed E-state index contributed by atoms with van der Waals surface area (Å²) >= 11 is 5.94. The fourth-order valence-corrected chi connectivity index (χ4v) is 4.23. The summed E-state index contributed by atoms with van der Waals surface area (Å²) in [4.78, 5) is 12.3. The van der Waals surface area contributed by atoms with Gasteiger partial charge in [-0.1, -0.05) is 17.7 Å². The van der Waals surface area contributed by atoms with Crippen molar-refractivity contribution in [3.05, 3.63) is 58.8 Å². The molecule has 11 heteroatoms.